The first-order valence-electron chi connectivity index (χ1n) is 4.85. The maximum Gasteiger partial charge on any atom is 0.148 e. The molecule has 1 heterocycles. The van der Waals surface area contributed by atoms with Gasteiger partial charge in [-0.3, -0.25) is 0 Å². The minimum Gasteiger partial charge on any atom is -0.369 e. The van der Waals surface area contributed by atoms with Crippen LogP contribution in [0.15, 0.2) is 12.3 Å². The molecule has 0 saturated carbocycles. The van der Waals surface area contributed by atoms with E-state index in [-0.39, 0.29) is 0 Å². The minimum atomic E-state index is 0.883. The van der Waals surface area contributed by atoms with Gasteiger partial charge in [-0.05, 0) is 43.4 Å². The van der Waals surface area contributed by atoms with Gasteiger partial charge in [-0.15, -0.1) is 5.10 Å². The third-order valence-corrected chi connectivity index (χ3v) is 2.57. The number of nitrogens with zero attached hydrogens (tertiary/aromatic N) is 2. The summed E-state index contributed by atoms with van der Waals surface area (Å²) in [6, 6.07) is 2.02. The topological polar surface area (TPSA) is 37.8 Å². The molecule has 78 valence electrons. The van der Waals surface area contributed by atoms with Crippen molar-refractivity contribution < 1.29 is 0 Å². The molecule has 1 rings (SSSR count). The smallest absolute Gasteiger partial charge is 0.148 e. The zero-order valence-corrected chi connectivity index (χ0v) is 9.60. The second kappa shape index (κ2) is 6.65. The van der Waals surface area contributed by atoms with Gasteiger partial charge in [0.2, 0.25) is 0 Å². The van der Waals surface area contributed by atoms with E-state index < -0.39 is 0 Å². The van der Waals surface area contributed by atoms with Gasteiger partial charge in [0.05, 0.1) is 6.20 Å². The Balaban J connectivity index is 2.18. The van der Waals surface area contributed by atoms with E-state index in [9.17, 15) is 0 Å². The summed E-state index contributed by atoms with van der Waals surface area (Å²) >= 11 is 1.89. The number of aryl methyl sites for hydroxylation is 1. The number of aromatic nitrogens is 2. The Bertz CT molecular complexity index is 265. The average Bonchev–Trinajstić information content (AvgIpc) is 2.18. The van der Waals surface area contributed by atoms with Crippen molar-refractivity contribution in [3.05, 3.63) is 17.8 Å². The monoisotopic (exact) mass is 211 g/mol. The molecular formula is C10H17N3S. The molecule has 1 aromatic rings. The lowest BCUT2D eigenvalue weighted by atomic mass is 10.3. The lowest BCUT2D eigenvalue weighted by Gasteiger charge is -2.04. The standard InChI is InChI=1S/C10H17N3S/c1-9-7-10(13-12-8-9)11-5-3-4-6-14-2/h7-8H,3-6H2,1-2H3,(H,11,13). The highest BCUT2D eigenvalue weighted by Gasteiger charge is 1.94. The molecule has 0 bridgehead atoms. The van der Waals surface area contributed by atoms with Crippen molar-refractivity contribution >= 4 is 17.6 Å². The van der Waals surface area contributed by atoms with Crippen molar-refractivity contribution in [2.24, 2.45) is 0 Å². The highest BCUT2D eigenvalue weighted by molar-refractivity contribution is 7.98. The molecule has 0 fully saturated rings. The fraction of sp³-hybridized carbons (Fsp3) is 0.600. The number of unbranched alkanes of at least 4 members (excludes halogenated alkanes) is 1. The predicted octanol–water partition coefficient (Wildman–Crippen LogP) is 2.34. The summed E-state index contributed by atoms with van der Waals surface area (Å²) < 4.78 is 0. The number of nitrogens with one attached hydrogen (secondary N) is 1. The van der Waals surface area contributed by atoms with E-state index in [0.29, 0.717) is 0 Å². The molecule has 14 heavy (non-hydrogen) atoms. The van der Waals surface area contributed by atoms with Gasteiger partial charge < -0.3 is 5.32 Å². The summed E-state index contributed by atoms with van der Waals surface area (Å²) in [6.07, 6.45) is 6.35. The van der Waals surface area contributed by atoms with Crippen molar-refractivity contribution in [3.8, 4) is 0 Å². The first-order chi connectivity index (χ1) is 6.83. The number of thioether (sulfide) groups is 1. The zero-order valence-electron chi connectivity index (χ0n) is 8.79. The number of rotatable bonds is 6. The normalized spacial score (nSPS) is 10.1. The van der Waals surface area contributed by atoms with Crippen molar-refractivity contribution in [1.82, 2.24) is 10.2 Å². The Kier molecular flexibility index (Phi) is 5.37. The summed E-state index contributed by atoms with van der Waals surface area (Å²) in [4.78, 5) is 0. The first kappa shape index (κ1) is 11.3. The quantitative estimate of drug-likeness (QED) is 0.733. The van der Waals surface area contributed by atoms with E-state index in [1.165, 1.54) is 18.6 Å². The Morgan fingerprint density at radius 2 is 2.29 bits per heavy atom. The van der Waals surface area contributed by atoms with E-state index in [1.807, 2.05) is 24.8 Å². The Morgan fingerprint density at radius 1 is 1.43 bits per heavy atom. The van der Waals surface area contributed by atoms with Gasteiger partial charge in [0.25, 0.3) is 0 Å². The van der Waals surface area contributed by atoms with Gasteiger partial charge in [0.15, 0.2) is 0 Å². The fourth-order valence-electron chi connectivity index (χ4n) is 1.14. The predicted molar refractivity (Wildman–Crippen MR) is 62.9 cm³/mol. The van der Waals surface area contributed by atoms with Crippen LogP contribution in [-0.2, 0) is 0 Å². The Hall–Kier alpha value is -0.770. The zero-order chi connectivity index (χ0) is 10.2. The number of anilines is 1. The summed E-state index contributed by atoms with van der Waals surface area (Å²) in [5.74, 6) is 2.12. The summed E-state index contributed by atoms with van der Waals surface area (Å²) in [5, 5.41) is 11.1. The molecule has 4 heteroatoms. The molecule has 0 spiro atoms. The molecule has 1 N–H and O–H groups in total. The average molecular weight is 211 g/mol. The molecular weight excluding hydrogens is 194 g/mol. The first-order valence-corrected chi connectivity index (χ1v) is 6.24. The molecule has 1 aromatic heterocycles. The lowest BCUT2D eigenvalue weighted by molar-refractivity contribution is 0.834. The van der Waals surface area contributed by atoms with Crippen molar-refractivity contribution in [2.75, 3.05) is 23.9 Å². The van der Waals surface area contributed by atoms with Crippen LogP contribution in [-0.4, -0.2) is 28.8 Å². The second-order valence-electron chi connectivity index (χ2n) is 3.24. The van der Waals surface area contributed by atoms with Crippen LogP contribution in [0.5, 0.6) is 0 Å². The third kappa shape index (κ3) is 4.46. The van der Waals surface area contributed by atoms with E-state index in [1.54, 1.807) is 6.20 Å². The van der Waals surface area contributed by atoms with Crippen LogP contribution >= 0.6 is 11.8 Å². The number of hydrogen-bond acceptors (Lipinski definition) is 4. The van der Waals surface area contributed by atoms with Crippen molar-refractivity contribution in [3.63, 3.8) is 0 Å². The van der Waals surface area contributed by atoms with E-state index in [4.69, 9.17) is 0 Å². The van der Waals surface area contributed by atoms with Crippen LogP contribution < -0.4 is 5.32 Å². The maximum absolute atomic E-state index is 3.99. The Morgan fingerprint density at radius 3 is 3.00 bits per heavy atom. The van der Waals surface area contributed by atoms with Gasteiger partial charge in [0.1, 0.15) is 5.82 Å². The summed E-state index contributed by atoms with van der Waals surface area (Å²) in [7, 11) is 0. The van der Waals surface area contributed by atoms with Gasteiger partial charge in [-0.25, -0.2) is 0 Å². The fourth-order valence-corrected chi connectivity index (χ4v) is 1.63. The molecule has 3 nitrogen and oxygen atoms in total. The molecule has 0 aliphatic heterocycles. The van der Waals surface area contributed by atoms with Crippen LogP contribution in [0.3, 0.4) is 0 Å². The second-order valence-corrected chi connectivity index (χ2v) is 4.23. The highest BCUT2D eigenvalue weighted by Crippen LogP contribution is 2.04. The Labute approximate surface area is 89.7 Å². The maximum atomic E-state index is 3.99. The van der Waals surface area contributed by atoms with Crippen molar-refractivity contribution in [1.29, 1.82) is 0 Å². The van der Waals surface area contributed by atoms with Gasteiger partial charge in [0, 0.05) is 6.54 Å². The van der Waals surface area contributed by atoms with Crippen LogP contribution in [0.2, 0.25) is 0 Å². The summed E-state index contributed by atoms with van der Waals surface area (Å²) in [6.45, 7) is 3.01. The molecule has 0 unspecified atom stereocenters. The highest BCUT2D eigenvalue weighted by atomic mass is 32.2. The molecule has 0 aliphatic rings. The van der Waals surface area contributed by atoms with Gasteiger partial charge >= 0.3 is 0 Å². The van der Waals surface area contributed by atoms with E-state index >= 15 is 0 Å². The van der Waals surface area contributed by atoms with Crippen molar-refractivity contribution in [2.45, 2.75) is 19.8 Å². The van der Waals surface area contributed by atoms with Crippen LogP contribution in [0, 0.1) is 6.92 Å². The summed E-state index contributed by atoms with van der Waals surface area (Å²) in [5.41, 5.74) is 1.15. The largest absolute Gasteiger partial charge is 0.369 e. The SMILES string of the molecule is CSCCCCNc1cc(C)cnn1. The van der Waals surface area contributed by atoms with Gasteiger partial charge in [-0.2, -0.15) is 16.9 Å². The van der Waals surface area contributed by atoms with E-state index in [0.717, 1.165) is 17.9 Å². The lowest BCUT2D eigenvalue weighted by Crippen LogP contribution is -2.04. The third-order valence-electron chi connectivity index (χ3n) is 1.87. The van der Waals surface area contributed by atoms with Crippen LogP contribution in [0.4, 0.5) is 5.82 Å². The van der Waals surface area contributed by atoms with Crippen LogP contribution in [0.25, 0.3) is 0 Å². The molecule has 0 amide bonds. The molecule has 0 aliphatic carbocycles. The molecule has 0 saturated heterocycles. The number of hydrogen-bond donors (Lipinski definition) is 1. The molecule has 0 atom stereocenters. The van der Waals surface area contributed by atoms with E-state index in [2.05, 4.69) is 21.8 Å². The van der Waals surface area contributed by atoms with Gasteiger partial charge in [-0.1, -0.05) is 0 Å². The molecule has 0 aromatic carbocycles. The van der Waals surface area contributed by atoms with Crippen LogP contribution in [0.1, 0.15) is 18.4 Å². The molecule has 0 radical (unpaired) electrons. The minimum absolute atomic E-state index is 0.883.